The van der Waals surface area contributed by atoms with Crippen molar-refractivity contribution in [1.82, 2.24) is 0 Å². The van der Waals surface area contributed by atoms with Crippen LogP contribution in [0.25, 0.3) is 0 Å². The van der Waals surface area contributed by atoms with Crippen molar-refractivity contribution in [2.75, 3.05) is 0 Å². The van der Waals surface area contributed by atoms with Crippen LogP contribution in [0.1, 0.15) is 0 Å². The first-order chi connectivity index (χ1) is 5.06. The van der Waals surface area contributed by atoms with Crippen LogP contribution in [-0.4, -0.2) is 38.7 Å². The van der Waals surface area contributed by atoms with E-state index >= 15 is 0 Å². The van der Waals surface area contributed by atoms with E-state index < -0.39 is 21.5 Å². The molecule has 0 bridgehead atoms. The SMILES string of the molecule is O=S(=O)(OF)C(F)(F)C(F)(F)F.[LiH]. The molecule has 0 aromatic carbocycles. The van der Waals surface area contributed by atoms with E-state index in [1.165, 1.54) is 4.39 Å². The summed E-state index contributed by atoms with van der Waals surface area (Å²) in [6, 6.07) is 0. The molecule has 3 nitrogen and oxygen atoms in total. The van der Waals surface area contributed by atoms with Crippen LogP contribution < -0.4 is 0 Å². The zero-order valence-corrected chi connectivity index (χ0v) is 5.72. The number of hydrogen-bond acceptors (Lipinski definition) is 3. The van der Waals surface area contributed by atoms with Gasteiger partial charge in [-0.1, -0.05) is 4.39 Å². The maximum absolute atomic E-state index is 11.6. The maximum atomic E-state index is 11.6. The third kappa shape index (κ3) is 2.77. The van der Waals surface area contributed by atoms with Crippen LogP contribution in [0.4, 0.5) is 26.5 Å². The van der Waals surface area contributed by atoms with Gasteiger partial charge in [-0.3, -0.25) is 0 Å². The normalized spacial score (nSPS) is 13.7. The van der Waals surface area contributed by atoms with Crippen LogP contribution in [0, 0.1) is 0 Å². The summed E-state index contributed by atoms with van der Waals surface area (Å²) in [5.74, 6) is 0. The summed E-state index contributed by atoms with van der Waals surface area (Å²) in [5.41, 5.74) is 0. The van der Waals surface area contributed by atoms with Crippen molar-refractivity contribution in [3.8, 4) is 0 Å². The van der Waals surface area contributed by atoms with Gasteiger partial charge in [0.25, 0.3) is 0 Å². The van der Waals surface area contributed by atoms with Gasteiger partial charge in [0.05, 0.1) is 0 Å². The zero-order chi connectivity index (χ0) is 10.2. The third-order valence-corrected chi connectivity index (χ3v) is 1.75. The van der Waals surface area contributed by atoms with Gasteiger partial charge in [-0.2, -0.15) is 30.4 Å². The Bertz CT molecular complexity index is 256. The van der Waals surface area contributed by atoms with Crippen LogP contribution in [0.3, 0.4) is 0 Å². The molecule has 13 heavy (non-hydrogen) atoms. The molecule has 0 unspecified atom stereocenters. The fourth-order valence-electron chi connectivity index (χ4n) is 0.181. The molecular weight excluding hydrogens is 225 g/mol. The van der Waals surface area contributed by atoms with Gasteiger partial charge in [-0.25, -0.2) is 0 Å². The molecule has 0 saturated heterocycles. The van der Waals surface area contributed by atoms with E-state index in [0.717, 1.165) is 0 Å². The Hall–Kier alpha value is 0.0874. The van der Waals surface area contributed by atoms with Gasteiger partial charge in [0, 0.05) is 0 Å². The minimum atomic E-state index is -6.58. The molecule has 0 amide bonds. The third-order valence-electron chi connectivity index (χ3n) is 0.727. The van der Waals surface area contributed by atoms with Crippen LogP contribution >= 0.6 is 0 Å². The second kappa shape index (κ2) is 4.08. The Morgan fingerprint density at radius 2 is 1.31 bits per heavy atom. The molecule has 0 spiro atoms. The molecule has 0 fully saturated rings. The standard InChI is InChI=1S/C2F6O3S.Li.H/c3-1(4,5)2(6,7)12(9,10)11-8;;. The Labute approximate surface area is 80.2 Å². The average molecular weight is 226 g/mol. The summed E-state index contributed by atoms with van der Waals surface area (Å²) < 4.78 is 88.1. The van der Waals surface area contributed by atoms with Crippen molar-refractivity contribution < 1.29 is 39.3 Å². The van der Waals surface area contributed by atoms with E-state index in [1.807, 2.05) is 0 Å². The number of rotatable bonds is 2. The second-order valence-corrected chi connectivity index (χ2v) is 3.08. The molecule has 11 heteroatoms. The fourth-order valence-corrected chi connectivity index (χ4v) is 0.544. The van der Waals surface area contributed by atoms with E-state index in [2.05, 4.69) is 0 Å². The topological polar surface area (TPSA) is 43.4 Å². The number of alkyl halides is 5. The van der Waals surface area contributed by atoms with Crippen molar-refractivity contribution in [2.24, 2.45) is 0 Å². The molecule has 0 N–H and O–H groups in total. The molecule has 0 radical (unpaired) electrons. The van der Waals surface area contributed by atoms with Crippen LogP contribution in [0.5, 0.6) is 0 Å². The Morgan fingerprint density at radius 1 is 1.00 bits per heavy atom. The van der Waals surface area contributed by atoms with Crippen molar-refractivity contribution in [3.63, 3.8) is 0 Å². The van der Waals surface area contributed by atoms with Crippen LogP contribution in [0.2, 0.25) is 0 Å². The molecule has 0 atom stereocenters. The molecule has 0 aliphatic carbocycles. The summed E-state index contributed by atoms with van der Waals surface area (Å²) >= 11 is 0. The van der Waals surface area contributed by atoms with Crippen LogP contribution in [0.15, 0.2) is 0 Å². The summed E-state index contributed by atoms with van der Waals surface area (Å²) in [7, 11) is -6.58. The molecule has 0 aromatic heterocycles. The first-order valence-electron chi connectivity index (χ1n) is 2.05. The molecule has 76 valence electrons. The van der Waals surface area contributed by atoms with E-state index in [1.54, 1.807) is 0 Å². The fraction of sp³-hybridized carbons (Fsp3) is 1.00. The van der Waals surface area contributed by atoms with Gasteiger partial charge >= 0.3 is 40.4 Å². The van der Waals surface area contributed by atoms with Crippen molar-refractivity contribution in [3.05, 3.63) is 0 Å². The quantitative estimate of drug-likeness (QED) is 0.514. The van der Waals surface area contributed by atoms with E-state index in [4.69, 9.17) is 0 Å². The summed E-state index contributed by atoms with van der Waals surface area (Å²) in [6.07, 6.45) is -6.40. The van der Waals surface area contributed by atoms with Crippen molar-refractivity contribution in [1.29, 1.82) is 0 Å². The molecule has 0 rings (SSSR count). The average Bonchev–Trinajstić information content (AvgIpc) is 1.85. The van der Waals surface area contributed by atoms with Crippen molar-refractivity contribution >= 4 is 29.0 Å². The van der Waals surface area contributed by atoms with Gasteiger partial charge in [0.1, 0.15) is 0 Å². The van der Waals surface area contributed by atoms with Gasteiger partial charge in [0.15, 0.2) is 0 Å². The summed E-state index contributed by atoms with van der Waals surface area (Å²) in [5, 5.41) is -6.24. The molecule has 0 aliphatic heterocycles. The van der Waals surface area contributed by atoms with E-state index in [-0.39, 0.29) is 18.9 Å². The minimum absolute atomic E-state index is 0. The first kappa shape index (κ1) is 15.6. The second-order valence-electron chi connectivity index (χ2n) is 1.53. The molecule has 0 aromatic rings. The van der Waals surface area contributed by atoms with E-state index in [0.29, 0.717) is 0 Å². The Morgan fingerprint density at radius 3 is 1.38 bits per heavy atom. The van der Waals surface area contributed by atoms with E-state index in [9.17, 15) is 34.9 Å². The molecule has 0 aliphatic rings. The summed E-state index contributed by atoms with van der Waals surface area (Å²) in [4.78, 5) is 0. The molecule has 0 heterocycles. The van der Waals surface area contributed by atoms with Crippen molar-refractivity contribution in [2.45, 2.75) is 11.4 Å². The number of halogens is 6. The number of hydrogen-bond donors (Lipinski definition) is 0. The predicted molar refractivity (Wildman–Crippen MR) is 29.3 cm³/mol. The van der Waals surface area contributed by atoms with Gasteiger partial charge in [-0.05, 0) is 4.53 Å². The van der Waals surface area contributed by atoms with Gasteiger partial charge in [0.2, 0.25) is 0 Å². The molecule has 0 saturated carbocycles. The first-order valence-corrected chi connectivity index (χ1v) is 3.46. The summed E-state index contributed by atoms with van der Waals surface area (Å²) in [6.45, 7) is 0. The van der Waals surface area contributed by atoms with Crippen LogP contribution in [-0.2, 0) is 14.5 Å². The predicted octanol–water partition coefficient (Wildman–Crippen LogP) is 0.724. The van der Waals surface area contributed by atoms with Gasteiger partial charge in [-0.15, -0.1) is 0 Å². The Kier molecular flexibility index (Phi) is 4.88. The Balaban J connectivity index is 0. The van der Waals surface area contributed by atoms with Gasteiger partial charge < -0.3 is 0 Å². The molecular formula is C2HF6LiO3S. The monoisotopic (exact) mass is 226 g/mol. The zero-order valence-electron chi connectivity index (χ0n) is 4.90.